The minimum Gasteiger partial charge on any atom is -0.317 e. The number of allylic oxidation sites excluding steroid dienone is 2. The van der Waals surface area contributed by atoms with E-state index in [1.165, 1.54) is 25.8 Å². The van der Waals surface area contributed by atoms with Crippen molar-refractivity contribution >= 4 is 117 Å². The van der Waals surface area contributed by atoms with Crippen LogP contribution in [0.1, 0.15) is 0 Å². The van der Waals surface area contributed by atoms with Crippen LogP contribution >= 0.6 is 11.3 Å². The monoisotopic (exact) mass is 868 g/mol. The molecule has 0 unspecified atom stereocenters. The van der Waals surface area contributed by atoms with Gasteiger partial charge in [-0.25, -0.2) is 0 Å². The molecule has 0 atom stereocenters. The van der Waals surface area contributed by atoms with E-state index in [0.29, 0.717) is 0 Å². The lowest BCUT2D eigenvalue weighted by Gasteiger charge is -2.28. The van der Waals surface area contributed by atoms with Gasteiger partial charge in [-0.05, 0) is 80.4 Å². The lowest BCUT2D eigenvalue weighted by molar-refractivity contribution is 1.29. The summed E-state index contributed by atoms with van der Waals surface area (Å²) in [6.45, 7) is 27.8. The number of thiophene rings is 1. The zero-order chi connectivity index (χ0) is 44.3. The van der Waals surface area contributed by atoms with E-state index in [0.717, 1.165) is 64.8 Å². The highest BCUT2D eigenvalue weighted by Gasteiger charge is 2.20. The van der Waals surface area contributed by atoms with Crippen molar-refractivity contribution in [3.63, 3.8) is 0 Å². The largest absolute Gasteiger partial charge is 0.317 e. The van der Waals surface area contributed by atoms with Gasteiger partial charge in [-0.2, -0.15) is 0 Å². The van der Waals surface area contributed by atoms with Crippen LogP contribution in [-0.4, -0.2) is 16.1 Å². The third kappa shape index (κ3) is 9.33. The van der Waals surface area contributed by atoms with E-state index in [1.54, 1.807) is 11.3 Å². The molecule has 8 rings (SSSR count). The number of nitrogens with zero attached hydrogens (tertiary/aromatic N) is 2. The predicted octanol–water partition coefficient (Wildman–Crippen LogP) is 12.5. The normalized spacial score (nSPS) is 12.8. The van der Waals surface area contributed by atoms with Gasteiger partial charge in [0.1, 0.15) is 0 Å². The molecule has 0 aliphatic carbocycles. The SMILES string of the molecule is C=C/C=c1/cccc/c1=C\N(C(=C)/C=c1/sc2c(ccccccc3cc(N(c4ccc([Si](C)(C)C)cc4)c4cccc5ccccc45)ccc32)c1=C)c1ccc([Si](C)(C)C)cc1. The standard InChI is InChI=1S/C58H56N2SSi2/c1-10-20-44-21-15-16-24-47(44)41-59(48-29-34-51(35-30-48)62(4,5)6)42(2)39-57-43(3)53-26-14-12-11-13-23-46-40-50(33-38-55(46)58(53)61-57)60(49-31-36-52(37-32-49)63(7,8)9)56-28-19-25-45-22-17-18-27-54(45)56/h10-41H,1-3H2,4-9H3/b12-11?,13-11?,14-12?,23-13?,26-14?,44-20-,46-23?,47-41+,53-26?,57-39+,58-55?. The maximum absolute atomic E-state index is 4.72. The summed E-state index contributed by atoms with van der Waals surface area (Å²) in [5.41, 5.74) is 5.28. The molecule has 2 nitrogen and oxygen atoms in total. The Hall–Kier alpha value is -6.51. The molecule has 0 aliphatic rings. The molecule has 0 aliphatic heterocycles. The van der Waals surface area contributed by atoms with Gasteiger partial charge in [0.05, 0.1) is 21.8 Å². The first-order valence-electron chi connectivity index (χ1n) is 21.7. The number of hydrogen-bond acceptors (Lipinski definition) is 3. The number of fused-ring (bicyclic) bond motifs is 4. The molecule has 1 heterocycles. The van der Waals surface area contributed by atoms with Gasteiger partial charge in [0, 0.05) is 49.0 Å². The highest BCUT2D eigenvalue weighted by Crippen LogP contribution is 2.40. The zero-order valence-electron chi connectivity index (χ0n) is 37.4. The second-order valence-electron chi connectivity index (χ2n) is 18.2. The van der Waals surface area contributed by atoms with Crippen molar-refractivity contribution in [1.29, 1.82) is 0 Å². The maximum Gasteiger partial charge on any atom is 0.0775 e. The van der Waals surface area contributed by atoms with Crippen molar-refractivity contribution < 1.29 is 0 Å². The molecule has 0 N–H and O–H groups in total. The number of benzene rings is 6. The molecule has 0 saturated heterocycles. The molecule has 5 heteroatoms. The molecule has 63 heavy (non-hydrogen) atoms. The molecule has 0 amide bonds. The van der Waals surface area contributed by atoms with Crippen molar-refractivity contribution in [1.82, 2.24) is 0 Å². The van der Waals surface area contributed by atoms with E-state index in [1.807, 2.05) is 12.2 Å². The molecule has 0 spiro atoms. The van der Waals surface area contributed by atoms with Crippen LogP contribution in [0.5, 0.6) is 0 Å². The highest BCUT2D eigenvalue weighted by atomic mass is 32.1. The Morgan fingerprint density at radius 2 is 1.10 bits per heavy atom. The fraction of sp³-hybridized carbons (Fsp3) is 0.103. The Balaban J connectivity index is 1.32. The van der Waals surface area contributed by atoms with Gasteiger partial charge in [-0.3, -0.25) is 0 Å². The smallest absolute Gasteiger partial charge is 0.0775 e. The van der Waals surface area contributed by atoms with Gasteiger partial charge in [0.15, 0.2) is 0 Å². The van der Waals surface area contributed by atoms with Crippen LogP contribution in [0.3, 0.4) is 0 Å². The lowest BCUT2D eigenvalue weighted by atomic mass is 10.0. The molecule has 8 aromatic rings. The van der Waals surface area contributed by atoms with Crippen LogP contribution in [0.2, 0.25) is 39.3 Å². The maximum atomic E-state index is 4.72. The number of hydrogen-bond donors (Lipinski definition) is 0. The molecular weight excluding hydrogens is 813 g/mol. The summed E-state index contributed by atoms with van der Waals surface area (Å²) in [6.07, 6.45) is 8.27. The van der Waals surface area contributed by atoms with Crippen LogP contribution in [0.25, 0.3) is 56.6 Å². The summed E-state index contributed by atoms with van der Waals surface area (Å²) < 4.78 is 2.24. The van der Waals surface area contributed by atoms with Gasteiger partial charge in [0.25, 0.3) is 0 Å². The van der Waals surface area contributed by atoms with E-state index in [2.05, 4.69) is 238 Å². The summed E-state index contributed by atoms with van der Waals surface area (Å²) in [7, 11) is -2.99. The first kappa shape index (κ1) is 43.2. The molecule has 0 bridgehead atoms. The zero-order valence-corrected chi connectivity index (χ0v) is 40.2. The van der Waals surface area contributed by atoms with Crippen molar-refractivity contribution in [2.45, 2.75) is 39.3 Å². The van der Waals surface area contributed by atoms with E-state index in [4.69, 9.17) is 13.2 Å². The third-order valence-corrected chi connectivity index (χ3v) is 17.0. The first-order valence-corrected chi connectivity index (χ1v) is 29.5. The van der Waals surface area contributed by atoms with Crippen LogP contribution in [0.15, 0.2) is 195 Å². The van der Waals surface area contributed by atoms with Gasteiger partial charge < -0.3 is 9.80 Å². The van der Waals surface area contributed by atoms with Crippen molar-refractivity contribution in [3.05, 3.63) is 215 Å². The summed E-state index contributed by atoms with van der Waals surface area (Å²) in [6, 6.07) is 61.7. The van der Waals surface area contributed by atoms with Gasteiger partial charge in [-0.15, -0.1) is 11.3 Å². The molecule has 0 radical (unpaired) electrons. The molecule has 1 aromatic heterocycles. The van der Waals surface area contributed by atoms with Crippen molar-refractivity contribution in [2.75, 3.05) is 9.80 Å². The predicted molar refractivity (Wildman–Crippen MR) is 287 cm³/mol. The van der Waals surface area contributed by atoms with Crippen LogP contribution in [-0.2, 0) is 0 Å². The minimum absolute atomic E-state index is 0.850. The lowest BCUT2D eigenvalue weighted by Crippen LogP contribution is -2.37. The van der Waals surface area contributed by atoms with E-state index >= 15 is 0 Å². The minimum atomic E-state index is -1.49. The van der Waals surface area contributed by atoms with Crippen LogP contribution in [0, 0.1) is 0 Å². The Labute approximate surface area is 379 Å². The van der Waals surface area contributed by atoms with Crippen molar-refractivity contribution in [3.8, 4) is 0 Å². The van der Waals surface area contributed by atoms with Gasteiger partial charge >= 0.3 is 0 Å². The van der Waals surface area contributed by atoms with E-state index in [9.17, 15) is 0 Å². The summed E-state index contributed by atoms with van der Waals surface area (Å²) in [4.78, 5) is 4.62. The second kappa shape index (κ2) is 18.1. The average molecular weight is 869 g/mol. The Kier molecular flexibility index (Phi) is 12.4. The summed E-state index contributed by atoms with van der Waals surface area (Å²) in [5.74, 6) is 0. The third-order valence-electron chi connectivity index (χ3n) is 11.7. The van der Waals surface area contributed by atoms with Gasteiger partial charge in [0.2, 0.25) is 0 Å². The summed E-state index contributed by atoms with van der Waals surface area (Å²) >= 11 is 1.77. The van der Waals surface area contributed by atoms with Crippen LogP contribution in [0.4, 0.5) is 22.7 Å². The number of rotatable bonds is 10. The Morgan fingerprint density at radius 1 is 0.540 bits per heavy atom. The topological polar surface area (TPSA) is 6.48 Å². The molecule has 7 aromatic carbocycles. The molecule has 312 valence electrons. The Morgan fingerprint density at radius 3 is 1.78 bits per heavy atom. The highest BCUT2D eigenvalue weighted by molar-refractivity contribution is 7.18. The Bertz CT molecular complexity index is 3310. The first-order chi connectivity index (χ1) is 30.3. The summed E-state index contributed by atoms with van der Waals surface area (Å²) in [5, 5.41) is 11.9. The van der Waals surface area contributed by atoms with E-state index < -0.39 is 16.1 Å². The second-order valence-corrected chi connectivity index (χ2v) is 29.4. The quantitative estimate of drug-likeness (QED) is 0.126. The van der Waals surface area contributed by atoms with Gasteiger partial charge in [-0.1, -0.05) is 209 Å². The average Bonchev–Trinajstić information content (AvgIpc) is 3.57. The van der Waals surface area contributed by atoms with Crippen LogP contribution < -0.4 is 40.4 Å². The fourth-order valence-electron chi connectivity index (χ4n) is 8.12. The van der Waals surface area contributed by atoms with E-state index in [-0.39, 0.29) is 0 Å². The molecule has 0 fully saturated rings. The fourth-order valence-corrected chi connectivity index (χ4v) is 11.7. The number of anilines is 4. The van der Waals surface area contributed by atoms with Crippen molar-refractivity contribution in [2.24, 2.45) is 0 Å². The molecule has 0 saturated carbocycles. The molecular formula is C58H56N2SSi2.